The monoisotopic (exact) mass is 479 g/mol. The van der Waals surface area contributed by atoms with Gasteiger partial charge < -0.3 is 10.6 Å². The third-order valence-electron chi connectivity index (χ3n) is 4.75. The van der Waals surface area contributed by atoms with Crippen molar-refractivity contribution in [2.24, 2.45) is 4.99 Å². The summed E-state index contributed by atoms with van der Waals surface area (Å²) in [4.78, 5) is 4.25. The minimum Gasteiger partial charge on any atom is -0.356 e. The van der Waals surface area contributed by atoms with Crippen molar-refractivity contribution in [2.45, 2.75) is 37.5 Å². The minimum atomic E-state index is -2.90. The summed E-state index contributed by atoms with van der Waals surface area (Å²) in [6.45, 7) is 1.45. The molecule has 2 N–H and O–H groups in total. The highest BCUT2D eigenvalue weighted by Crippen LogP contribution is 2.40. The summed E-state index contributed by atoms with van der Waals surface area (Å²) in [6.07, 6.45) is 6.76. The first kappa shape index (κ1) is 22.2. The molecule has 0 saturated heterocycles. The zero-order valence-corrected chi connectivity index (χ0v) is 18.3. The first-order chi connectivity index (χ1) is 11.5. The summed E-state index contributed by atoms with van der Waals surface area (Å²) >= 11 is 0. The number of hydrogen-bond acceptors (Lipinski definition) is 3. The third kappa shape index (κ3) is 7.13. The average molecular weight is 479 g/mol. The predicted octanol–water partition coefficient (Wildman–Crippen LogP) is 2.72. The number of nitrogens with zero attached hydrogens (tertiary/aromatic N) is 1. The van der Waals surface area contributed by atoms with Crippen LogP contribution in [0.1, 0.15) is 37.7 Å². The number of nitrogens with one attached hydrogen (secondary N) is 2. The van der Waals surface area contributed by atoms with Crippen LogP contribution in [0.3, 0.4) is 0 Å². The normalized spacial score (nSPS) is 17.0. The molecule has 0 atom stereocenters. The molecule has 0 aliphatic heterocycles. The van der Waals surface area contributed by atoms with Crippen LogP contribution in [-0.4, -0.2) is 46.5 Å². The molecule has 5 nitrogen and oxygen atoms in total. The van der Waals surface area contributed by atoms with Crippen molar-refractivity contribution in [1.29, 1.82) is 0 Å². The summed E-state index contributed by atoms with van der Waals surface area (Å²) in [5, 5.41) is 6.65. The zero-order valence-electron chi connectivity index (χ0n) is 15.1. The zero-order chi connectivity index (χ0) is 17.5. The first-order valence-electron chi connectivity index (χ1n) is 8.63. The van der Waals surface area contributed by atoms with Crippen molar-refractivity contribution in [3.8, 4) is 0 Å². The average Bonchev–Trinajstić information content (AvgIpc) is 3.04. The molecular formula is C18H30IN3O2S. The molecule has 0 bridgehead atoms. The van der Waals surface area contributed by atoms with Gasteiger partial charge in [-0.05, 0) is 24.8 Å². The van der Waals surface area contributed by atoms with Crippen LogP contribution in [-0.2, 0) is 15.3 Å². The van der Waals surface area contributed by atoms with Crippen molar-refractivity contribution in [3.05, 3.63) is 35.9 Å². The van der Waals surface area contributed by atoms with Gasteiger partial charge in [-0.25, -0.2) is 8.42 Å². The van der Waals surface area contributed by atoms with Crippen LogP contribution in [0.5, 0.6) is 0 Å². The number of hydrogen-bond donors (Lipinski definition) is 2. The molecule has 142 valence electrons. The Labute approximate surface area is 169 Å². The molecule has 1 aliphatic carbocycles. The molecule has 25 heavy (non-hydrogen) atoms. The number of sulfone groups is 1. The Morgan fingerprint density at radius 2 is 1.80 bits per heavy atom. The molecule has 1 fully saturated rings. The number of halogens is 1. The Bertz CT molecular complexity index is 642. The van der Waals surface area contributed by atoms with E-state index in [1.165, 1.54) is 37.5 Å². The standard InChI is InChI=1S/C18H29N3O2S.HI/c1-19-17(20-13-8-14-24(2,22)23)21-15-18(11-6-7-12-18)16-9-4-3-5-10-16;/h3-5,9-10H,6-8,11-15H2,1-2H3,(H2,19,20,21);1H. The van der Waals surface area contributed by atoms with Crippen molar-refractivity contribution < 1.29 is 8.42 Å². The van der Waals surface area contributed by atoms with Gasteiger partial charge in [0.15, 0.2) is 5.96 Å². The van der Waals surface area contributed by atoms with Crippen LogP contribution < -0.4 is 10.6 Å². The van der Waals surface area contributed by atoms with Gasteiger partial charge in [0.25, 0.3) is 0 Å². The van der Waals surface area contributed by atoms with Gasteiger partial charge in [0.05, 0.1) is 5.75 Å². The molecule has 1 aromatic rings. The topological polar surface area (TPSA) is 70.6 Å². The van der Waals surface area contributed by atoms with Crippen LogP contribution in [0, 0.1) is 0 Å². The molecule has 0 radical (unpaired) electrons. The van der Waals surface area contributed by atoms with Gasteiger partial charge in [-0.1, -0.05) is 43.2 Å². The molecule has 1 aromatic carbocycles. The SMILES string of the molecule is CN=C(NCCCS(C)(=O)=O)NCC1(c2ccccc2)CCCC1.I. The van der Waals surface area contributed by atoms with E-state index in [4.69, 9.17) is 0 Å². The Balaban J connectivity index is 0.00000312. The summed E-state index contributed by atoms with van der Waals surface area (Å²) in [7, 11) is -1.15. The molecule has 0 aromatic heterocycles. The second-order valence-electron chi connectivity index (χ2n) is 6.69. The Morgan fingerprint density at radius 3 is 2.36 bits per heavy atom. The lowest BCUT2D eigenvalue weighted by molar-refractivity contribution is 0.432. The molecule has 1 aliphatic rings. The maximum absolute atomic E-state index is 11.2. The highest BCUT2D eigenvalue weighted by Gasteiger charge is 2.35. The lowest BCUT2D eigenvalue weighted by atomic mass is 9.79. The molecular weight excluding hydrogens is 449 g/mol. The summed E-state index contributed by atoms with van der Waals surface area (Å²) in [6, 6.07) is 10.7. The van der Waals surface area contributed by atoms with E-state index in [9.17, 15) is 8.42 Å². The van der Waals surface area contributed by atoms with E-state index in [2.05, 4.69) is 46.0 Å². The van der Waals surface area contributed by atoms with Gasteiger partial charge >= 0.3 is 0 Å². The Morgan fingerprint density at radius 1 is 1.16 bits per heavy atom. The Kier molecular flexibility index (Phi) is 9.20. The van der Waals surface area contributed by atoms with Gasteiger partial charge in [-0.2, -0.15) is 0 Å². The molecule has 0 heterocycles. The quantitative estimate of drug-likeness (QED) is 0.273. The molecule has 0 amide bonds. The fraction of sp³-hybridized carbons (Fsp3) is 0.611. The first-order valence-corrected chi connectivity index (χ1v) is 10.7. The highest BCUT2D eigenvalue weighted by atomic mass is 127. The van der Waals surface area contributed by atoms with Crippen molar-refractivity contribution in [3.63, 3.8) is 0 Å². The third-order valence-corrected chi connectivity index (χ3v) is 5.78. The molecule has 0 unspecified atom stereocenters. The van der Waals surface area contributed by atoms with Gasteiger partial charge in [-0.15, -0.1) is 24.0 Å². The summed E-state index contributed by atoms with van der Waals surface area (Å²) < 4.78 is 22.3. The predicted molar refractivity (Wildman–Crippen MR) is 116 cm³/mol. The van der Waals surface area contributed by atoms with E-state index in [-0.39, 0.29) is 35.1 Å². The van der Waals surface area contributed by atoms with Crippen molar-refractivity contribution >= 4 is 39.8 Å². The fourth-order valence-corrected chi connectivity index (χ4v) is 4.09. The largest absolute Gasteiger partial charge is 0.356 e. The van der Waals surface area contributed by atoms with Crippen LogP contribution in [0.25, 0.3) is 0 Å². The van der Waals surface area contributed by atoms with E-state index in [1.807, 2.05) is 0 Å². The molecule has 2 rings (SSSR count). The smallest absolute Gasteiger partial charge is 0.191 e. The maximum Gasteiger partial charge on any atom is 0.191 e. The van der Waals surface area contributed by atoms with E-state index < -0.39 is 9.84 Å². The van der Waals surface area contributed by atoms with Gasteiger partial charge in [0.2, 0.25) is 0 Å². The number of benzene rings is 1. The van der Waals surface area contributed by atoms with Crippen molar-refractivity contribution in [1.82, 2.24) is 10.6 Å². The number of aliphatic imine (C=N–C) groups is 1. The van der Waals surface area contributed by atoms with E-state index in [0.717, 1.165) is 12.5 Å². The summed E-state index contributed by atoms with van der Waals surface area (Å²) in [5.41, 5.74) is 1.56. The van der Waals surface area contributed by atoms with Gasteiger partial charge in [0.1, 0.15) is 9.84 Å². The molecule has 1 saturated carbocycles. The second-order valence-corrected chi connectivity index (χ2v) is 8.95. The van der Waals surface area contributed by atoms with Crippen LogP contribution >= 0.6 is 24.0 Å². The molecule has 0 spiro atoms. The fourth-order valence-electron chi connectivity index (χ4n) is 3.43. The molecule has 7 heteroatoms. The van der Waals surface area contributed by atoms with Gasteiger partial charge in [-0.3, -0.25) is 4.99 Å². The number of guanidine groups is 1. The Hall–Kier alpha value is -0.830. The van der Waals surface area contributed by atoms with E-state index >= 15 is 0 Å². The number of rotatable bonds is 7. The van der Waals surface area contributed by atoms with E-state index in [1.54, 1.807) is 7.05 Å². The minimum absolute atomic E-state index is 0. The second kappa shape index (κ2) is 10.4. The van der Waals surface area contributed by atoms with Crippen LogP contribution in [0.4, 0.5) is 0 Å². The van der Waals surface area contributed by atoms with Gasteiger partial charge in [0, 0.05) is 31.8 Å². The lowest BCUT2D eigenvalue weighted by Gasteiger charge is -2.30. The van der Waals surface area contributed by atoms with Crippen molar-refractivity contribution in [2.75, 3.05) is 32.1 Å². The maximum atomic E-state index is 11.2. The van der Waals surface area contributed by atoms with E-state index in [0.29, 0.717) is 13.0 Å². The lowest BCUT2D eigenvalue weighted by Crippen LogP contribution is -2.45. The highest BCUT2D eigenvalue weighted by molar-refractivity contribution is 14.0. The summed E-state index contributed by atoms with van der Waals surface area (Å²) in [5.74, 6) is 0.941. The van der Waals surface area contributed by atoms with Crippen LogP contribution in [0.2, 0.25) is 0 Å². The van der Waals surface area contributed by atoms with Crippen LogP contribution in [0.15, 0.2) is 35.3 Å².